The summed E-state index contributed by atoms with van der Waals surface area (Å²) in [5.74, 6) is -4.81. The van der Waals surface area contributed by atoms with Crippen molar-refractivity contribution >= 4 is 53.2 Å². The fourth-order valence-corrected chi connectivity index (χ4v) is 16.7. The van der Waals surface area contributed by atoms with Crippen LogP contribution in [-0.2, 0) is 84.0 Å². The normalized spacial score (nSPS) is 22.4. The molecule has 13 N–H and O–H groups in total. The average molecular weight is 1650 g/mol. The maximum Gasteiger partial charge on any atom is 0.483 e. The lowest BCUT2D eigenvalue weighted by Gasteiger charge is -2.47. The van der Waals surface area contributed by atoms with Crippen LogP contribution in [-0.4, -0.2) is 187 Å². The number of carbonyl (C=O) groups is 5. The van der Waals surface area contributed by atoms with Gasteiger partial charge in [0.1, 0.15) is 42.6 Å². The van der Waals surface area contributed by atoms with Crippen molar-refractivity contribution in [2.24, 2.45) is 5.73 Å². The van der Waals surface area contributed by atoms with E-state index < -0.39 is 184 Å². The van der Waals surface area contributed by atoms with Crippen LogP contribution in [0.4, 0.5) is 0 Å². The van der Waals surface area contributed by atoms with Crippen LogP contribution >= 0.6 is 23.5 Å². The predicted octanol–water partition coefficient (Wildman–Crippen LogP) is 13.9. The Kier molecular flexibility index (Phi) is 59.7. The molecule has 2 fully saturated rings. The number of aliphatic hydroxyl groups is 5. The van der Waals surface area contributed by atoms with Crippen LogP contribution in [0.1, 0.15) is 356 Å². The lowest BCUT2D eigenvalue weighted by molar-refractivity contribution is -0.296. The number of carbonyl (C=O) groups excluding carboxylic acids is 5. The smallest absolute Gasteiger partial charge is 0.462 e. The minimum atomic E-state index is -6.04. The van der Waals surface area contributed by atoms with Crippen molar-refractivity contribution < 1.29 is 129 Å². The van der Waals surface area contributed by atoms with E-state index in [9.17, 15) is 82.8 Å². The third kappa shape index (κ3) is 51.3. The topological polar surface area (TPSA) is 461 Å². The molecule has 33 heteroatoms. The Labute approximate surface area is 663 Å². The fraction of sp³-hybridized carbons (Fsp3) is 0.936. The largest absolute Gasteiger partial charge is 0.483 e. The molecule has 16 atom stereocenters. The van der Waals surface area contributed by atoms with Crippen LogP contribution in [0.25, 0.3) is 0 Å². The van der Waals surface area contributed by atoms with Crippen LogP contribution in [0.15, 0.2) is 0 Å². The molecule has 654 valence electrons. The highest BCUT2D eigenvalue weighted by atomic mass is 31.3. The number of ether oxygens (including phenoxy) is 6. The van der Waals surface area contributed by atoms with E-state index in [4.69, 9.17) is 47.7 Å². The van der Waals surface area contributed by atoms with Gasteiger partial charge >= 0.3 is 41.4 Å². The Morgan fingerprint density at radius 2 is 0.802 bits per heavy atom. The second-order valence-electron chi connectivity index (χ2n) is 30.5. The highest BCUT2D eigenvalue weighted by molar-refractivity contribution is 7.61. The highest BCUT2D eigenvalue weighted by Crippen LogP contribution is 2.61. The Bertz CT molecular complexity index is 2570. The molecule has 0 aromatic rings. The number of phosphoric acid groups is 3. The second kappa shape index (κ2) is 63.4. The van der Waals surface area contributed by atoms with Crippen LogP contribution in [0.3, 0.4) is 0 Å². The molecule has 0 spiro atoms. The molecule has 2 amide bonds. The number of phosphoric ester groups is 3. The van der Waals surface area contributed by atoms with Gasteiger partial charge in [0, 0.05) is 13.0 Å². The molecule has 0 bridgehead atoms. The zero-order valence-electron chi connectivity index (χ0n) is 68.1. The summed E-state index contributed by atoms with van der Waals surface area (Å²) in [4.78, 5) is 114. The monoisotopic (exact) mass is 1650 g/mol. The summed E-state index contributed by atoms with van der Waals surface area (Å²) in [6, 6.07) is -4.05. The van der Waals surface area contributed by atoms with Gasteiger partial charge in [-0.3, -0.25) is 37.5 Å². The first-order valence-corrected chi connectivity index (χ1v) is 47.2. The summed E-state index contributed by atoms with van der Waals surface area (Å²) in [7, 11) is -17.2. The minimum Gasteiger partial charge on any atom is -0.462 e. The Hall–Kier alpha value is -2.64. The minimum absolute atomic E-state index is 0.0609. The van der Waals surface area contributed by atoms with E-state index in [0.29, 0.717) is 32.1 Å². The van der Waals surface area contributed by atoms with Gasteiger partial charge in [-0.05, 0) is 38.5 Å². The van der Waals surface area contributed by atoms with Crippen molar-refractivity contribution in [3.63, 3.8) is 0 Å². The van der Waals surface area contributed by atoms with Crippen LogP contribution < -0.4 is 16.4 Å². The molecule has 2 saturated heterocycles. The lowest BCUT2D eigenvalue weighted by Crippen LogP contribution is -2.68. The molecular formula is C78H150N3O27P3. The molecule has 0 radical (unpaired) electrons. The molecule has 2 aliphatic rings. The number of unbranched alkanes of at least 4 members (excludes halogenated alkanes) is 36. The Morgan fingerprint density at radius 1 is 0.432 bits per heavy atom. The summed E-state index contributed by atoms with van der Waals surface area (Å²) in [5, 5.41) is 62.3. The maximum atomic E-state index is 14.8. The second-order valence-corrected chi connectivity index (χ2v) is 34.7. The number of nitrogens with one attached hydrogen (secondary N) is 2. The molecule has 0 aliphatic carbocycles. The number of nitrogens with two attached hydrogens (primary N) is 1. The number of aliphatic hydroxyl groups excluding tert-OH is 5. The molecule has 0 saturated carbocycles. The van der Waals surface area contributed by atoms with Crippen molar-refractivity contribution in [3.05, 3.63) is 0 Å². The SMILES string of the molecule is CCCCCCCCCCCC(=O)OC(CCCCCCCCCCC)CC(=O)NC1C(OP(=O)(O)OP(=O)(O)OCCN)OC(COC2OC(CO)C(OP(=O)(O)O)C(OC(=O)CC(O)CCCCCCCCC)C2NC(=O)CC(O)CCCCCCCCCCC)C(O)C1OC(=O)CC(O)CCCCCCCCC. The van der Waals surface area contributed by atoms with Gasteiger partial charge in [0.15, 0.2) is 24.8 Å². The molecule has 111 heavy (non-hydrogen) atoms. The van der Waals surface area contributed by atoms with E-state index in [1.807, 2.05) is 0 Å². The number of esters is 3. The number of hydrogen-bond acceptors (Lipinski definition) is 24. The summed E-state index contributed by atoms with van der Waals surface area (Å²) in [6.45, 7) is 7.38. The summed E-state index contributed by atoms with van der Waals surface area (Å²) < 4.78 is 96.5. The van der Waals surface area contributed by atoms with E-state index >= 15 is 0 Å². The van der Waals surface area contributed by atoms with E-state index in [0.717, 1.165) is 218 Å². The fourth-order valence-electron chi connectivity index (χ4n) is 13.9. The standard InChI is InChI=1S/C78H150N3O27P3/c1-6-11-16-21-26-29-34-39-42-47-60(83)54-66(86)80-72-76(105-70(90)56-62(85)49-44-38-33-25-20-15-10-5)74(106-109(92,93)94)64(58-82)102-77(72)99-59-65-73(91)75(104-69(89)55-61(84)48-43-37-32-24-19-14-9-4)71(78(103-65)107-111(97,98)108-110(95,96)100-53-52-79)81-67(87)57-63(50-45-40-35-30-27-22-17-12-7-2)101-68(88)51-46-41-36-31-28-23-18-13-8-3/h60-65,71-78,82-85,91H,6-59,79H2,1-5H3,(H,80,86)(H,81,87)(H,95,96)(H,97,98)(H2,92,93,94). The van der Waals surface area contributed by atoms with E-state index in [1.54, 1.807) is 0 Å². The van der Waals surface area contributed by atoms with Gasteiger partial charge in [0.25, 0.3) is 0 Å². The average Bonchev–Trinajstić information content (AvgIpc) is 0.779. The summed E-state index contributed by atoms with van der Waals surface area (Å²) in [6.07, 6.45) is 15.1. The predicted molar refractivity (Wildman–Crippen MR) is 421 cm³/mol. The van der Waals surface area contributed by atoms with Crippen molar-refractivity contribution in [3.8, 4) is 0 Å². The first kappa shape index (κ1) is 104. The molecule has 2 heterocycles. The van der Waals surface area contributed by atoms with Gasteiger partial charge in [0.05, 0.1) is 63.8 Å². The number of hydrogen-bond donors (Lipinski definition) is 12. The molecule has 2 aliphatic heterocycles. The number of rotatable bonds is 72. The van der Waals surface area contributed by atoms with Crippen molar-refractivity contribution in [1.82, 2.24) is 10.6 Å². The van der Waals surface area contributed by atoms with Gasteiger partial charge in [0.2, 0.25) is 11.8 Å². The third-order valence-electron chi connectivity index (χ3n) is 20.2. The van der Waals surface area contributed by atoms with Gasteiger partial charge < -0.3 is 89.9 Å². The van der Waals surface area contributed by atoms with Crippen molar-refractivity contribution in [1.29, 1.82) is 0 Å². The highest BCUT2D eigenvalue weighted by Gasteiger charge is 2.55. The van der Waals surface area contributed by atoms with Crippen LogP contribution in [0, 0.1) is 0 Å². The molecular weight excluding hydrogens is 1500 g/mol. The maximum absolute atomic E-state index is 14.8. The molecule has 0 aromatic carbocycles. The van der Waals surface area contributed by atoms with Gasteiger partial charge in [-0.15, -0.1) is 0 Å². The van der Waals surface area contributed by atoms with E-state index in [2.05, 4.69) is 49.6 Å². The third-order valence-corrected chi connectivity index (χ3v) is 23.3. The molecule has 2 rings (SSSR count). The Balaban J connectivity index is 2.84. The van der Waals surface area contributed by atoms with Gasteiger partial charge in [-0.2, -0.15) is 4.31 Å². The lowest BCUT2D eigenvalue weighted by atomic mass is 9.95. The molecule has 0 aromatic heterocycles. The quantitative estimate of drug-likeness (QED) is 0.0116. The van der Waals surface area contributed by atoms with Crippen molar-refractivity contribution in [2.75, 3.05) is 26.4 Å². The van der Waals surface area contributed by atoms with Gasteiger partial charge in [-0.25, -0.2) is 13.7 Å². The Morgan fingerprint density at radius 3 is 1.22 bits per heavy atom. The zero-order valence-corrected chi connectivity index (χ0v) is 70.7. The van der Waals surface area contributed by atoms with Crippen LogP contribution in [0.5, 0.6) is 0 Å². The van der Waals surface area contributed by atoms with E-state index in [1.165, 1.54) is 12.8 Å². The van der Waals surface area contributed by atoms with Crippen LogP contribution in [0.2, 0.25) is 0 Å². The number of amides is 2. The summed E-state index contributed by atoms with van der Waals surface area (Å²) in [5.41, 5.74) is 5.48. The first-order valence-electron chi connectivity index (χ1n) is 42.7. The van der Waals surface area contributed by atoms with Gasteiger partial charge in [-0.1, -0.05) is 285 Å². The zero-order chi connectivity index (χ0) is 82.1. The van der Waals surface area contributed by atoms with Crippen molar-refractivity contribution in [2.45, 2.75) is 441 Å². The summed E-state index contributed by atoms with van der Waals surface area (Å²) >= 11 is 0. The molecule has 16 unspecified atom stereocenters. The molecule has 30 nitrogen and oxygen atoms in total. The first-order chi connectivity index (χ1) is 53.1. The van der Waals surface area contributed by atoms with E-state index in [-0.39, 0.29) is 38.6 Å².